The standard InChI is InChI=1S/C8H9N3O2/c1-10-6-5(3-4-9-6)7(12)11(2)8(10)13/h4H,3H2,1-2H3/i1D3,4D. The molecule has 0 bridgehead atoms. The molecule has 1 aromatic heterocycles. The molecule has 68 valence electrons. The fraction of sp³-hybridized carbons (Fsp3) is 0.375. The molecule has 1 aliphatic heterocycles. The number of aliphatic imine (C=N–C) groups is 1. The van der Waals surface area contributed by atoms with Gasteiger partial charge in [-0.2, -0.15) is 0 Å². The fourth-order valence-corrected chi connectivity index (χ4v) is 1.23. The van der Waals surface area contributed by atoms with Crippen LogP contribution in [0, 0.1) is 0 Å². The molecular weight excluding hydrogens is 170 g/mol. The molecule has 0 saturated heterocycles. The second-order valence-electron chi connectivity index (χ2n) is 2.73. The Morgan fingerprint density at radius 2 is 2.38 bits per heavy atom. The highest BCUT2D eigenvalue weighted by Gasteiger charge is 2.16. The van der Waals surface area contributed by atoms with Crippen LogP contribution in [0.5, 0.6) is 0 Å². The molecule has 0 atom stereocenters. The Balaban J connectivity index is 2.95. The third kappa shape index (κ3) is 0.898. The molecule has 5 nitrogen and oxygen atoms in total. The zero-order valence-electron chi connectivity index (χ0n) is 10.9. The zero-order valence-corrected chi connectivity index (χ0v) is 6.87. The highest BCUT2D eigenvalue weighted by atomic mass is 16.2. The first-order chi connectivity index (χ1) is 7.73. The molecule has 1 aliphatic rings. The Morgan fingerprint density at radius 3 is 3.08 bits per heavy atom. The molecule has 0 fully saturated rings. The second kappa shape index (κ2) is 2.42. The van der Waals surface area contributed by atoms with Crippen LogP contribution < -0.4 is 11.2 Å². The summed E-state index contributed by atoms with van der Waals surface area (Å²) in [6, 6.07) is 0. The van der Waals surface area contributed by atoms with Crippen LogP contribution in [0.1, 0.15) is 11.0 Å². The van der Waals surface area contributed by atoms with Crippen molar-refractivity contribution in [2.24, 2.45) is 19.0 Å². The molecular formula is C8H9N3O2. The van der Waals surface area contributed by atoms with E-state index in [-0.39, 0.29) is 24.0 Å². The number of rotatable bonds is 0. The lowest BCUT2D eigenvalue weighted by Gasteiger charge is -2.05. The van der Waals surface area contributed by atoms with Crippen LogP contribution >= 0.6 is 0 Å². The van der Waals surface area contributed by atoms with Crippen molar-refractivity contribution >= 4 is 12.0 Å². The summed E-state index contributed by atoms with van der Waals surface area (Å²) < 4.78 is 30.4. The van der Waals surface area contributed by atoms with Gasteiger partial charge < -0.3 is 0 Å². The summed E-state index contributed by atoms with van der Waals surface area (Å²) in [5.74, 6) is -0.219. The summed E-state index contributed by atoms with van der Waals surface area (Å²) in [7, 11) is 1.20. The van der Waals surface area contributed by atoms with Crippen molar-refractivity contribution in [2.45, 2.75) is 6.42 Å². The quantitative estimate of drug-likeness (QED) is 0.536. The van der Waals surface area contributed by atoms with E-state index >= 15 is 0 Å². The maximum Gasteiger partial charge on any atom is 0.332 e. The van der Waals surface area contributed by atoms with E-state index in [0.29, 0.717) is 4.57 Å². The van der Waals surface area contributed by atoms with E-state index < -0.39 is 18.2 Å². The van der Waals surface area contributed by atoms with E-state index in [0.717, 1.165) is 4.57 Å². The lowest BCUT2D eigenvalue weighted by atomic mass is 10.2. The minimum Gasteiger partial charge on any atom is -0.281 e. The van der Waals surface area contributed by atoms with Crippen LogP contribution in [0.3, 0.4) is 0 Å². The van der Waals surface area contributed by atoms with Crippen molar-refractivity contribution in [1.82, 2.24) is 9.13 Å². The minimum atomic E-state index is -2.72. The van der Waals surface area contributed by atoms with Gasteiger partial charge in [-0.1, -0.05) is 0 Å². The molecule has 0 unspecified atom stereocenters. The number of hydrogen-bond donors (Lipinski definition) is 0. The summed E-state index contributed by atoms with van der Waals surface area (Å²) in [6.45, 7) is -2.72. The third-order valence-corrected chi connectivity index (χ3v) is 1.96. The predicted octanol–water partition coefficient (Wildman–Crippen LogP) is -0.658. The van der Waals surface area contributed by atoms with E-state index in [1.807, 2.05) is 0 Å². The summed E-state index contributed by atoms with van der Waals surface area (Å²) in [5, 5.41) is 0. The van der Waals surface area contributed by atoms with Gasteiger partial charge in [0.15, 0.2) is 0 Å². The molecule has 0 aliphatic carbocycles. The Hall–Kier alpha value is -1.65. The minimum absolute atomic E-state index is 0.0433. The largest absolute Gasteiger partial charge is 0.332 e. The lowest BCUT2D eigenvalue weighted by Crippen LogP contribution is -2.38. The van der Waals surface area contributed by atoms with Crippen LogP contribution in [0.15, 0.2) is 14.6 Å². The van der Waals surface area contributed by atoms with Crippen LogP contribution in [-0.2, 0) is 20.4 Å². The predicted molar refractivity (Wildman–Crippen MR) is 48.8 cm³/mol. The van der Waals surface area contributed by atoms with Gasteiger partial charge in [0, 0.05) is 30.7 Å². The Morgan fingerprint density at radius 1 is 1.62 bits per heavy atom. The number of hydrogen-bond acceptors (Lipinski definition) is 3. The fourth-order valence-electron chi connectivity index (χ4n) is 1.23. The zero-order chi connectivity index (χ0) is 13.0. The van der Waals surface area contributed by atoms with Crippen LogP contribution in [0.2, 0.25) is 0 Å². The topological polar surface area (TPSA) is 56.4 Å². The summed E-state index contributed by atoms with van der Waals surface area (Å²) in [4.78, 5) is 27.1. The lowest BCUT2D eigenvalue weighted by molar-refractivity contribution is 0.682. The average molecular weight is 183 g/mol. The number of fused-ring (bicyclic) bond motifs is 1. The van der Waals surface area contributed by atoms with Crippen LogP contribution in [-0.4, -0.2) is 15.3 Å². The Labute approximate surface area is 79.6 Å². The average Bonchev–Trinajstić information content (AvgIpc) is 2.54. The molecule has 0 aromatic carbocycles. The van der Waals surface area contributed by atoms with E-state index in [4.69, 9.17) is 5.48 Å². The van der Waals surface area contributed by atoms with Gasteiger partial charge in [0.25, 0.3) is 5.56 Å². The summed E-state index contributed by atoms with van der Waals surface area (Å²) in [5.41, 5.74) is -1.48. The molecule has 1 aromatic rings. The van der Waals surface area contributed by atoms with Crippen LogP contribution in [0.25, 0.3) is 0 Å². The Bertz CT molecular complexity index is 638. The molecule has 5 heteroatoms. The van der Waals surface area contributed by atoms with Gasteiger partial charge >= 0.3 is 5.69 Å². The first kappa shape index (κ1) is 4.55. The van der Waals surface area contributed by atoms with Crippen molar-refractivity contribution in [3.8, 4) is 0 Å². The molecule has 0 saturated carbocycles. The molecule has 0 amide bonds. The normalized spacial score (nSPS) is 19.6. The number of aromatic nitrogens is 2. The van der Waals surface area contributed by atoms with Crippen molar-refractivity contribution in [1.29, 1.82) is 0 Å². The van der Waals surface area contributed by atoms with Crippen molar-refractivity contribution in [3.05, 3.63) is 26.4 Å². The maximum atomic E-state index is 11.7. The van der Waals surface area contributed by atoms with Gasteiger partial charge in [0.2, 0.25) is 0 Å². The van der Waals surface area contributed by atoms with E-state index in [1.54, 1.807) is 0 Å². The van der Waals surface area contributed by atoms with Gasteiger partial charge in [0.05, 0.1) is 6.93 Å². The monoisotopic (exact) mass is 183 g/mol. The molecule has 13 heavy (non-hydrogen) atoms. The van der Waals surface area contributed by atoms with Gasteiger partial charge in [-0.25, -0.2) is 9.79 Å². The van der Waals surface area contributed by atoms with Gasteiger partial charge in [-0.3, -0.25) is 13.9 Å². The van der Waals surface area contributed by atoms with E-state index in [9.17, 15) is 9.59 Å². The number of nitrogens with zero attached hydrogens (tertiary/aromatic N) is 3. The SMILES string of the molecule is [2H]C1=Nc2c(c(=O)n(C)c(=O)n2C([2H])([2H])[2H])C1. The first-order valence-electron chi connectivity index (χ1n) is 5.63. The second-order valence-corrected chi connectivity index (χ2v) is 2.73. The summed E-state index contributed by atoms with van der Waals surface area (Å²) in [6.07, 6.45) is -0.168. The molecule has 2 rings (SSSR count). The third-order valence-electron chi connectivity index (χ3n) is 1.96. The highest BCUT2D eigenvalue weighted by molar-refractivity contribution is 5.73. The van der Waals surface area contributed by atoms with Crippen molar-refractivity contribution in [2.75, 3.05) is 0 Å². The van der Waals surface area contributed by atoms with Gasteiger partial charge in [0.1, 0.15) is 5.82 Å². The van der Waals surface area contributed by atoms with E-state index in [1.165, 1.54) is 7.05 Å². The van der Waals surface area contributed by atoms with Gasteiger partial charge in [-0.15, -0.1) is 0 Å². The Kier molecular flexibility index (Phi) is 0.845. The van der Waals surface area contributed by atoms with Gasteiger partial charge in [-0.05, 0) is 0 Å². The van der Waals surface area contributed by atoms with Crippen LogP contribution in [0.4, 0.5) is 5.82 Å². The summed E-state index contributed by atoms with van der Waals surface area (Å²) >= 11 is 0. The first-order valence-corrected chi connectivity index (χ1v) is 3.63. The molecule has 0 N–H and O–H groups in total. The maximum absolute atomic E-state index is 11.7. The van der Waals surface area contributed by atoms with E-state index in [2.05, 4.69) is 4.99 Å². The van der Waals surface area contributed by atoms with Crippen molar-refractivity contribution in [3.63, 3.8) is 0 Å². The molecule has 0 spiro atoms. The molecule has 0 radical (unpaired) electrons. The smallest absolute Gasteiger partial charge is 0.281 e. The van der Waals surface area contributed by atoms with Crippen molar-refractivity contribution < 1.29 is 5.48 Å². The highest BCUT2D eigenvalue weighted by Crippen LogP contribution is 2.16. The molecule has 2 heterocycles.